The Kier molecular flexibility index (Phi) is 3.82. The first-order valence-corrected chi connectivity index (χ1v) is 7.20. The first-order valence-electron chi connectivity index (χ1n) is 7.20. The summed E-state index contributed by atoms with van der Waals surface area (Å²) in [5.74, 6) is 0.956. The van der Waals surface area contributed by atoms with Crippen molar-refractivity contribution in [3.63, 3.8) is 0 Å². The van der Waals surface area contributed by atoms with Gasteiger partial charge in [0.15, 0.2) is 11.5 Å². The molecule has 1 aliphatic rings. The zero-order chi connectivity index (χ0) is 16.6. The Morgan fingerprint density at radius 1 is 1.00 bits per heavy atom. The second kappa shape index (κ2) is 5.79. The molecule has 3 rings (SSSR count). The van der Waals surface area contributed by atoms with E-state index >= 15 is 0 Å². The average Bonchev–Trinajstić information content (AvgIpc) is 2.54. The summed E-state index contributed by atoms with van der Waals surface area (Å²) in [4.78, 5) is 0. The molecule has 2 aromatic carbocycles. The molecule has 1 heterocycles. The zero-order valence-electron chi connectivity index (χ0n) is 12.9. The Bertz CT molecular complexity index is 715. The molecule has 3 N–H and O–H groups in total. The summed E-state index contributed by atoms with van der Waals surface area (Å²) in [5, 5.41) is 29.5. The predicted octanol–water partition coefficient (Wildman–Crippen LogP) is 2.89. The third-order valence-electron chi connectivity index (χ3n) is 3.97. The number of aromatic hydroxyl groups is 3. The van der Waals surface area contributed by atoms with Gasteiger partial charge in [-0.3, -0.25) is 0 Å². The zero-order valence-corrected chi connectivity index (χ0v) is 12.9. The van der Waals surface area contributed by atoms with E-state index in [9.17, 15) is 15.3 Å². The fourth-order valence-electron chi connectivity index (χ4n) is 2.79. The van der Waals surface area contributed by atoms with Crippen molar-refractivity contribution in [1.82, 2.24) is 0 Å². The minimum Gasteiger partial charge on any atom is -0.508 e. The highest BCUT2D eigenvalue weighted by Crippen LogP contribution is 2.44. The largest absolute Gasteiger partial charge is 0.508 e. The van der Waals surface area contributed by atoms with E-state index in [4.69, 9.17) is 14.2 Å². The van der Waals surface area contributed by atoms with Crippen molar-refractivity contribution < 1.29 is 29.5 Å². The number of rotatable bonds is 3. The van der Waals surface area contributed by atoms with Crippen LogP contribution in [0.1, 0.15) is 23.7 Å². The molecule has 1 aliphatic heterocycles. The Morgan fingerprint density at radius 3 is 2.26 bits per heavy atom. The molecule has 0 amide bonds. The van der Waals surface area contributed by atoms with Crippen LogP contribution in [-0.2, 0) is 6.42 Å². The molecule has 0 spiro atoms. The molecule has 6 heteroatoms. The van der Waals surface area contributed by atoms with Crippen LogP contribution in [0.25, 0.3) is 0 Å². The first kappa shape index (κ1) is 15.1. The van der Waals surface area contributed by atoms with Crippen LogP contribution < -0.4 is 14.2 Å². The highest BCUT2D eigenvalue weighted by Gasteiger charge is 2.26. The number of phenols is 3. The molecule has 0 bridgehead atoms. The quantitative estimate of drug-likeness (QED) is 0.806. The second-order valence-electron chi connectivity index (χ2n) is 5.36. The van der Waals surface area contributed by atoms with Gasteiger partial charge in [-0.05, 0) is 30.5 Å². The maximum absolute atomic E-state index is 9.99. The van der Waals surface area contributed by atoms with Gasteiger partial charge in [-0.15, -0.1) is 0 Å². The number of benzene rings is 2. The smallest absolute Gasteiger partial charge is 0.200 e. The standard InChI is InChI=1S/C17H18O6/c1-21-15-5-9(6-16(22-2)17(15)20)13-4-3-11-12(19)7-10(18)8-14(11)23-13/h5-8,13,18-20H,3-4H2,1-2H3. The van der Waals surface area contributed by atoms with E-state index in [-0.39, 0.29) is 23.4 Å². The lowest BCUT2D eigenvalue weighted by Crippen LogP contribution is -2.15. The van der Waals surface area contributed by atoms with Crippen LogP contribution >= 0.6 is 0 Å². The SMILES string of the molecule is COc1cc(C2CCc3c(O)cc(O)cc3O2)cc(OC)c1O. The van der Waals surface area contributed by atoms with Crippen molar-refractivity contribution in [1.29, 1.82) is 0 Å². The van der Waals surface area contributed by atoms with Crippen LogP contribution in [0.5, 0.6) is 34.5 Å². The minimum absolute atomic E-state index is 0.0271. The van der Waals surface area contributed by atoms with Gasteiger partial charge in [-0.2, -0.15) is 0 Å². The highest BCUT2D eigenvalue weighted by molar-refractivity contribution is 5.55. The van der Waals surface area contributed by atoms with E-state index in [0.29, 0.717) is 35.7 Å². The van der Waals surface area contributed by atoms with Crippen LogP contribution in [0.3, 0.4) is 0 Å². The van der Waals surface area contributed by atoms with Crippen molar-refractivity contribution in [3.05, 3.63) is 35.4 Å². The number of phenolic OH excluding ortho intramolecular Hbond substituents is 3. The van der Waals surface area contributed by atoms with Gasteiger partial charge in [0.1, 0.15) is 23.4 Å². The van der Waals surface area contributed by atoms with E-state index in [1.54, 1.807) is 12.1 Å². The van der Waals surface area contributed by atoms with Gasteiger partial charge < -0.3 is 29.5 Å². The molecule has 1 unspecified atom stereocenters. The van der Waals surface area contributed by atoms with Gasteiger partial charge in [-0.1, -0.05) is 0 Å². The Hall–Kier alpha value is -2.76. The molecule has 6 nitrogen and oxygen atoms in total. The molecule has 23 heavy (non-hydrogen) atoms. The topological polar surface area (TPSA) is 88.4 Å². The number of fused-ring (bicyclic) bond motifs is 1. The molecular weight excluding hydrogens is 300 g/mol. The number of ether oxygens (including phenoxy) is 3. The maximum Gasteiger partial charge on any atom is 0.200 e. The van der Waals surface area contributed by atoms with Gasteiger partial charge in [0.2, 0.25) is 5.75 Å². The van der Waals surface area contributed by atoms with Gasteiger partial charge in [0.25, 0.3) is 0 Å². The van der Waals surface area contributed by atoms with Crippen LogP contribution in [0, 0.1) is 0 Å². The summed E-state index contributed by atoms with van der Waals surface area (Å²) < 4.78 is 16.2. The second-order valence-corrected chi connectivity index (χ2v) is 5.36. The highest BCUT2D eigenvalue weighted by atomic mass is 16.5. The maximum atomic E-state index is 9.99. The van der Waals surface area contributed by atoms with E-state index < -0.39 is 0 Å². The van der Waals surface area contributed by atoms with Crippen LogP contribution in [0.4, 0.5) is 0 Å². The molecule has 2 aromatic rings. The lowest BCUT2D eigenvalue weighted by atomic mass is 9.96. The van der Waals surface area contributed by atoms with Crippen molar-refractivity contribution in [3.8, 4) is 34.5 Å². The van der Waals surface area contributed by atoms with Gasteiger partial charge in [0, 0.05) is 17.7 Å². The van der Waals surface area contributed by atoms with E-state index in [2.05, 4.69) is 0 Å². The lowest BCUT2D eigenvalue weighted by molar-refractivity contribution is 0.173. The average molecular weight is 318 g/mol. The van der Waals surface area contributed by atoms with E-state index in [1.807, 2.05) is 0 Å². The molecule has 0 aromatic heterocycles. The Morgan fingerprint density at radius 2 is 1.65 bits per heavy atom. The molecule has 0 saturated heterocycles. The summed E-state index contributed by atoms with van der Waals surface area (Å²) >= 11 is 0. The van der Waals surface area contributed by atoms with Crippen LogP contribution in [-0.4, -0.2) is 29.5 Å². The molecule has 0 aliphatic carbocycles. The third kappa shape index (κ3) is 2.67. The molecule has 0 fully saturated rings. The Labute approximate surface area is 133 Å². The summed E-state index contributed by atoms with van der Waals surface area (Å²) in [7, 11) is 2.93. The molecule has 0 radical (unpaired) electrons. The summed E-state index contributed by atoms with van der Waals surface area (Å²) in [6.07, 6.45) is 0.951. The monoisotopic (exact) mass is 318 g/mol. The van der Waals surface area contributed by atoms with Crippen LogP contribution in [0.2, 0.25) is 0 Å². The lowest BCUT2D eigenvalue weighted by Gasteiger charge is -2.27. The van der Waals surface area contributed by atoms with Gasteiger partial charge in [-0.25, -0.2) is 0 Å². The number of hydrogen-bond acceptors (Lipinski definition) is 6. The number of hydrogen-bond donors (Lipinski definition) is 3. The third-order valence-corrected chi connectivity index (χ3v) is 3.97. The summed E-state index contributed by atoms with van der Waals surface area (Å²) in [6.45, 7) is 0. The Balaban J connectivity index is 1.97. The summed E-state index contributed by atoms with van der Waals surface area (Å²) in [5.41, 5.74) is 1.46. The fourth-order valence-corrected chi connectivity index (χ4v) is 2.79. The summed E-state index contributed by atoms with van der Waals surface area (Å²) in [6, 6.07) is 6.16. The van der Waals surface area contributed by atoms with Crippen molar-refractivity contribution in [2.75, 3.05) is 14.2 Å². The predicted molar refractivity (Wildman–Crippen MR) is 82.7 cm³/mol. The molecular formula is C17H18O6. The van der Waals surface area contributed by atoms with Gasteiger partial charge >= 0.3 is 0 Å². The van der Waals surface area contributed by atoms with Gasteiger partial charge in [0.05, 0.1) is 14.2 Å². The fraction of sp³-hybridized carbons (Fsp3) is 0.294. The molecule has 122 valence electrons. The van der Waals surface area contributed by atoms with Crippen LogP contribution in [0.15, 0.2) is 24.3 Å². The van der Waals surface area contributed by atoms with Crippen molar-refractivity contribution in [2.45, 2.75) is 18.9 Å². The molecule has 0 saturated carbocycles. The van der Waals surface area contributed by atoms with Crippen molar-refractivity contribution >= 4 is 0 Å². The normalized spacial score (nSPS) is 16.3. The minimum atomic E-state index is -0.299. The van der Waals surface area contributed by atoms with E-state index in [0.717, 1.165) is 5.56 Å². The van der Waals surface area contributed by atoms with E-state index in [1.165, 1.54) is 26.4 Å². The van der Waals surface area contributed by atoms with Crippen molar-refractivity contribution in [2.24, 2.45) is 0 Å². The number of methoxy groups -OCH3 is 2. The molecule has 1 atom stereocenters. The first-order chi connectivity index (χ1) is 11.0.